The van der Waals surface area contributed by atoms with Crippen LogP contribution in [0.15, 0.2) is 36.4 Å². The SMILES string of the molecule is COc1ccc(NC(=O)c2sc3nc4cc(OC)c(OC)cc4cc3c2N)c(OC)c1. The number of thiophene rings is 1. The van der Waals surface area contributed by atoms with E-state index in [9.17, 15) is 4.79 Å². The summed E-state index contributed by atoms with van der Waals surface area (Å²) in [6.45, 7) is 0. The highest BCUT2D eigenvalue weighted by molar-refractivity contribution is 7.21. The molecular weight excluding hydrogens is 418 g/mol. The first-order valence-corrected chi connectivity index (χ1v) is 10.1. The zero-order chi connectivity index (χ0) is 22.1. The summed E-state index contributed by atoms with van der Waals surface area (Å²) in [5.74, 6) is 1.93. The molecule has 4 aromatic rings. The van der Waals surface area contributed by atoms with Gasteiger partial charge in [-0.25, -0.2) is 4.98 Å². The van der Waals surface area contributed by atoms with Crippen molar-refractivity contribution in [3.8, 4) is 23.0 Å². The summed E-state index contributed by atoms with van der Waals surface area (Å²) in [4.78, 5) is 18.7. The van der Waals surface area contributed by atoms with Crippen molar-refractivity contribution >= 4 is 49.7 Å². The Kier molecular flexibility index (Phi) is 5.43. The lowest BCUT2D eigenvalue weighted by atomic mass is 10.1. The fourth-order valence-corrected chi connectivity index (χ4v) is 4.26. The number of nitrogen functional groups attached to an aromatic ring is 1. The number of rotatable bonds is 6. The summed E-state index contributed by atoms with van der Waals surface area (Å²) in [7, 11) is 6.23. The number of anilines is 2. The van der Waals surface area contributed by atoms with E-state index in [2.05, 4.69) is 10.3 Å². The minimum absolute atomic E-state index is 0.344. The van der Waals surface area contributed by atoms with E-state index >= 15 is 0 Å². The lowest BCUT2D eigenvalue weighted by Gasteiger charge is -2.11. The highest BCUT2D eigenvalue weighted by atomic mass is 32.1. The molecule has 0 saturated heterocycles. The lowest BCUT2D eigenvalue weighted by molar-refractivity contribution is 0.103. The number of methoxy groups -OCH3 is 4. The fourth-order valence-electron chi connectivity index (χ4n) is 3.28. The third kappa shape index (κ3) is 3.64. The zero-order valence-corrected chi connectivity index (χ0v) is 18.3. The van der Waals surface area contributed by atoms with E-state index < -0.39 is 0 Å². The summed E-state index contributed by atoms with van der Waals surface area (Å²) in [5.41, 5.74) is 7.93. The summed E-state index contributed by atoms with van der Waals surface area (Å²) in [5, 5.41) is 4.39. The lowest BCUT2D eigenvalue weighted by Crippen LogP contribution is -2.12. The fraction of sp³-hybridized carbons (Fsp3) is 0.182. The van der Waals surface area contributed by atoms with E-state index in [1.54, 1.807) is 45.6 Å². The largest absolute Gasteiger partial charge is 0.497 e. The van der Waals surface area contributed by atoms with Gasteiger partial charge in [0, 0.05) is 22.9 Å². The van der Waals surface area contributed by atoms with Crippen molar-refractivity contribution in [3.63, 3.8) is 0 Å². The second kappa shape index (κ2) is 8.19. The van der Waals surface area contributed by atoms with Crippen LogP contribution in [-0.4, -0.2) is 39.3 Å². The van der Waals surface area contributed by atoms with Crippen LogP contribution in [-0.2, 0) is 0 Å². The third-order valence-electron chi connectivity index (χ3n) is 4.88. The molecule has 0 radical (unpaired) electrons. The Labute approximate surface area is 182 Å². The molecule has 0 aliphatic heterocycles. The maximum atomic E-state index is 13.0. The monoisotopic (exact) mass is 439 g/mol. The number of pyridine rings is 1. The van der Waals surface area contributed by atoms with Gasteiger partial charge in [-0.15, -0.1) is 11.3 Å². The molecular formula is C22H21N3O5S. The minimum atomic E-state index is -0.344. The molecule has 0 aliphatic rings. The molecule has 0 bridgehead atoms. The number of aromatic nitrogens is 1. The van der Waals surface area contributed by atoms with Crippen LogP contribution in [0.3, 0.4) is 0 Å². The van der Waals surface area contributed by atoms with Gasteiger partial charge in [0.25, 0.3) is 5.91 Å². The molecule has 0 unspecified atom stereocenters. The first-order chi connectivity index (χ1) is 15.0. The number of benzene rings is 2. The molecule has 160 valence electrons. The summed E-state index contributed by atoms with van der Waals surface area (Å²) in [6, 6.07) is 10.7. The van der Waals surface area contributed by atoms with E-state index in [0.29, 0.717) is 49.5 Å². The summed E-state index contributed by atoms with van der Waals surface area (Å²) >= 11 is 1.22. The first-order valence-electron chi connectivity index (χ1n) is 9.27. The quantitative estimate of drug-likeness (QED) is 0.461. The molecule has 3 N–H and O–H groups in total. The Morgan fingerprint density at radius 3 is 2.32 bits per heavy atom. The predicted octanol–water partition coefficient (Wildman–Crippen LogP) is 4.32. The van der Waals surface area contributed by atoms with Gasteiger partial charge in [0.15, 0.2) is 11.5 Å². The number of fused-ring (bicyclic) bond motifs is 2. The number of nitrogens with zero attached hydrogens (tertiary/aromatic N) is 1. The topological polar surface area (TPSA) is 105 Å². The highest BCUT2D eigenvalue weighted by Crippen LogP contribution is 2.38. The van der Waals surface area contributed by atoms with Gasteiger partial charge in [0.05, 0.1) is 45.3 Å². The first kappa shape index (κ1) is 20.5. The van der Waals surface area contributed by atoms with Crippen LogP contribution in [0.1, 0.15) is 9.67 Å². The van der Waals surface area contributed by atoms with Crippen LogP contribution >= 0.6 is 11.3 Å². The van der Waals surface area contributed by atoms with E-state index in [4.69, 9.17) is 24.7 Å². The number of nitrogens with one attached hydrogen (secondary N) is 1. The Hall–Kier alpha value is -3.72. The van der Waals surface area contributed by atoms with E-state index in [0.717, 1.165) is 10.9 Å². The maximum absolute atomic E-state index is 13.0. The number of hydrogen-bond acceptors (Lipinski definition) is 8. The molecule has 0 saturated carbocycles. The second-order valence-corrected chi connectivity index (χ2v) is 7.61. The van der Waals surface area contributed by atoms with Crippen LogP contribution in [0.25, 0.3) is 21.1 Å². The van der Waals surface area contributed by atoms with Crippen LogP contribution in [0.4, 0.5) is 11.4 Å². The van der Waals surface area contributed by atoms with E-state index in [1.807, 2.05) is 12.1 Å². The van der Waals surface area contributed by atoms with Crippen molar-refractivity contribution in [2.75, 3.05) is 39.5 Å². The average Bonchev–Trinajstić information content (AvgIpc) is 3.12. The normalized spacial score (nSPS) is 10.8. The van der Waals surface area contributed by atoms with E-state index in [1.165, 1.54) is 18.4 Å². The Morgan fingerprint density at radius 2 is 1.65 bits per heavy atom. The molecule has 4 rings (SSSR count). The number of hydrogen-bond donors (Lipinski definition) is 2. The highest BCUT2D eigenvalue weighted by Gasteiger charge is 2.20. The standard InChI is InChI=1S/C22H21N3O5S/c1-27-12-5-6-14(16(9-12)28-2)24-21(26)20-19(23)13-7-11-8-17(29-3)18(30-4)10-15(11)25-22(13)31-20/h5-10H,23H2,1-4H3,(H,24,26). The predicted molar refractivity (Wildman–Crippen MR) is 122 cm³/mol. The molecule has 0 aliphatic carbocycles. The number of carbonyl (C=O) groups is 1. The average molecular weight is 439 g/mol. The smallest absolute Gasteiger partial charge is 0.268 e. The second-order valence-electron chi connectivity index (χ2n) is 6.61. The number of amides is 1. The van der Waals surface area contributed by atoms with Crippen molar-refractivity contribution in [1.82, 2.24) is 4.98 Å². The zero-order valence-electron chi connectivity index (χ0n) is 17.4. The Morgan fingerprint density at radius 1 is 0.935 bits per heavy atom. The van der Waals surface area contributed by atoms with Gasteiger partial charge in [-0.3, -0.25) is 4.79 Å². The van der Waals surface area contributed by atoms with Crippen molar-refractivity contribution in [3.05, 3.63) is 41.3 Å². The molecule has 9 heteroatoms. The van der Waals surface area contributed by atoms with Crippen molar-refractivity contribution in [2.45, 2.75) is 0 Å². The molecule has 0 fully saturated rings. The number of carbonyl (C=O) groups excluding carboxylic acids is 1. The van der Waals surface area contributed by atoms with Crippen molar-refractivity contribution in [2.24, 2.45) is 0 Å². The summed E-state index contributed by atoms with van der Waals surface area (Å²) < 4.78 is 21.3. The van der Waals surface area contributed by atoms with Gasteiger partial charge in [-0.1, -0.05) is 0 Å². The van der Waals surface area contributed by atoms with Gasteiger partial charge in [0.1, 0.15) is 21.2 Å². The van der Waals surface area contributed by atoms with Crippen LogP contribution < -0.4 is 30.0 Å². The molecule has 0 spiro atoms. The van der Waals surface area contributed by atoms with Gasteiger partial charge in [-0.2, -0.15) is 0 Å². The number of nitrogens with two attached hydrogens (primary N) is 1. The maximum Gasteiger partial charge on any atom is 0.268 e. The Bertz CT molecular complexity index is 1300. The molecule has 2 aromatic heterocycles. The minimum Gasteiger partial charge on any atom is -0.497 e. The van der Waals surface area contributed by atoms with Crippen molar-refractivity contribution in [1.29, 1.82) is 0 Å². The van der Waals surface area contributed by atoms with Crippen LogP contribution in [0.5, 0.6) is 23.0 Å². The molecule has 1 amide bonds. The van der Waals surface area contributed by atoms with Crippen molar-refractivity contribution < 1.29 is 23.7 Å². The van der Waals surface area contributed by atoms with Gasteiger partial charge < -0.3 is 30.0 Å². The van der Waals surface area contributed by atoms with Crippen LogP contribution in [0.2, 0.25) is 0 Å². The molecule has 2 heterocycles. The summed E-state index contributed by atoms with van der Waals surface area (Å²) in [6.07, 6.45) is 0. The molecule has 0 atom stereocenters. The molecule has 8 nitrogen and oxygen atoms in total. The van der Waals surface area contributed by atoms with Gasteiger partial charge in [0.2, 0.25) is 0 Å². The third-order valence-corrected chi connectivity index (χ3v) is 6.00. The number of ether oxygens (including phenoxy) is 4. The van der Waals surface area contributed by atoms with Crippen LogP contribution in [0, 0.1) is 0 Å². The van der Waals surface area contributed by atoms with E-state index in [-0.39, 0.29) is 5.91 Å². The van der Waals surface area contributed by atoms with Gasteiger partial charge >= 0.3 is 0 Å². The molecule has 31 heavy (non-hydrogen) atoms. The Balaban J connectivity index is 1.75. The van der Waals surface area contributed by atoms with Gasteiger partial charge in [-0.05, 0) is 24.3 Å². The molecule has 2 aromatic carbocycles.